The number of ether oxygens (including phenoxy) is 3. The van der Waals surface area contributed by atoms with E-state index in [2.05, 4.69) is 4.98 Å². The van der Waals surface area contributed by atoms with Crippen molar-refractivity contribution in [1.82, 2.24) is 4.98 Å². The molecule has 0 aliphatic rings. The van der Waals surface area contributed by atoms with Crippen molar-refractivity contribution in [3.63, 3.8) is 0 Å². The Morgan fingerprint density at radius 3 is 2.19 bits per heavy atom. The average Bonchev–Trinajstić information content (AvgIpc) is 2.53. The molecule has 0 saturated heterocycles. The summed E-state index contributed by atoms with van der Waals surface area (Å²) >= 11 is 0. The summed E-state index contributed by atoms with van der Waals surface area (Å²) in [6.07, 6.45) is 1.78. The average molecular weight is 288 g/mol. The molecule has 0 aliphatic carbocycles. The van der Waals surface area contributed by atoms with Gasteiger partial charge in [0.1, 0.15) is 0 Å². The summed E-state index contributed by atoms with van der Waals surface area (Å²) in [6, 6.07) is 7.73. The van der Waals surface area contributed by atoms with Gasteiger partial charge < -0.3 is 19.1 Å². The van der Waals surface area contributed by atoms with E-state index in [0.717, 1.165) is 16.9 Å². The Balaban J connectivity index is 2.61. The summed E-state index contributed by atoms with van der Waals surface area (Å²) in [5.74, 6) is 1.80. The van der Waals surface area contributed by atoms with E-state index in [1.165, 1.54) is 0 Å². The Morgan fingerprint density at radius 2 is 1.62 bits per heavy atom. The normalized spacial score (nSPS) is 10.1. The van der Waals surface area contributed by atoms with E-state index < -0.39 is 0 Å². The SMILES string of the molecule is COc1ccc(-c2cc(N(C)C)ccn2)c(OC)c1OC. The van der Waals surface area contributed by atoms with Gasteiger partial charge in [-0.1, -0.05) is 0 Å². The molecule has 0 radical (unpaired) electrons. The second-order valence-corrected chi connectivity index (χ2v) is 4.68. The van der Waals surface area contributed by atoms with Crippen molar-refractivity contribution in [2.45, 2.75) is 0 Å². The van der Waals surface area contributed by atoms with Crippen LogP contribution >= 0.6 is 0 Å². The van der Waals surface area contributed by atoms with Crippen LogP contribution in [0.25, 0.3) is 11.3 Å². The van der Waals surface area contributed by atoms with Crippen molar-refractivity contribution in [2.75, 3.05) is 40.3 Å². The highest BCUT2D eigenvalue weighted by molar-refractivity contribution is 5.75. The highest BCUT2D eigenvalue weighted by Crippen LogP contribution is 2.43. The fraction of sp³-hybridized carbons (Fsp3) is 0.312. The number of benzene rings is 1. The van der Waals surface area contributed by atoms with Crippen LogP contribution in [0.3, 0.4) is 0 Å². The van der Waals surface area contributed by atoms with Crippen LogP contribution in [0.5, 0.6) is 17.2 Å². The third-order valence-electron chi connectivity index (χ3n) is 3.24. The number of rotatable bonds is 5. The Bertz CT molecular complexity index is 627. The fourth-order valence-corrected chi connectivity index (χ4v) is 2.15. The summed E-state index contributed by atoms with van der Waals surface area (Å²) in [5.41, 5.74) is 2.75. The molecule has 0 spiro atoms. The van der Waals surface area contributed by atoms with Crippen LogP contribution in [0.4, 0.5) is 5.69 Å². The van der Waals surface area contributed by atoms with E-state index in [-0.39, 0.29) is 0 Å². The van der Waals surface area contributed by atoms with Crippen LogP contribution in [0, 0.1) is 0 Å². The number of pyridine rings is 1. The summed E-state index contributed by atoms with van der Waals surface area (Å²) < 4.78 is 16.2. The Labute approximate surface area is 125 Å². The number of nitrogens with zero attached hydrogens (tertiary/aromatic N) is 2. The summed E-state index contributed by atoms with van der Waals surface area (Å²) in [6.45, 7) is 0. The highest BCUT2D eigenvalue weighted by atomic mass is 16.5. The lowest BCUT2D eigenvalue weighted by atomic mass is 10.1. The third kappa shape index (κ3) is 2.86. The first-order valence-corrected chi connectivity index (χ1v) is 6.55. The number of methoxy groups -OCH3 is 3. The molecule has 1 heterocycles. The molecule has 0 atom stereocenters. The first-order valence-electron chi connectivity index (χ1n) is 6.55. The van der Waals surface area contributed by atoms with Crippen molar-refractivity contribution in [2.24, 2.45) is 0 Å². The Kier molecular flexibility index (Phi) is 4.52. The molecular weight excluding hydrogens is 268 g/mol. The zero-order valence-corrected chi connectivity index (χ0v) is 13.0. The molecule has 112 valence electrons. The van der Waals surface area contributed by atoms with Crippen LogP contribution in [0.1, 0.15) is 0 Å². The minimum atomic E-state index is 0.564. The van der Waals surface area contributed by atoms with Crippen LogP contribution in [-0.4, -0.2) is 40.4 Å². The van der Waals surface area contributed by atoms with Crippen molar-refractivity contribution < 1.29 is 14.2 Å². The van der Waals surface area contributed by atoms with E-state index in [1.807, 2.05) is 43.3 Å². The molecule has 0 fully saturated rings. The molecule has 0 aliphatic heterocycles. The maximum atomic E-state index is 5.51. The van der Waals surface area contributed by atoms with Crippen LogP contribution in [0.15, 0.2) is 30.5 Å². The lowest BCUT2D eigenvalue weighted by Gasteiger charge is -2.17. The molecule has 21 heavy (non-hydrogen) atoms. The molecule has 5 nitrogen and oxygen atoms in total. The number of anilines is 1. The standard InChI is InChI=1S/C16H20N2O3/c1-18(2)11-8-9-17-13(10-11)12-6-7-14(19-3)16(21-5)15(12)20-4/h6-10H,1-5H3. The van der Waals surface area contributed by atoms with E-state index >= 15 is 0 Å². The summed E-state index contributed by atoms with van der Waals surface area (Å²) in [4.78, 5) is 6.45. The lowest BCUT2D eigenvalue weighted by molar-refractivity contribution is 0.325. The van der Waals surface area contributed by atoms with Gasteiger partial charge in [-0.15, -0.1) is 0 Å². The van der Waals surface area contributed by atoms with Crippen molar-refractivity contribution in [3.8, 4) is 28.5 Å². The highest BCUT2D eigenvalue weighted by Gasteiger charge is 2.18. The topological polar surface area (TPSA) is 43.8 Å². The zero-order valence-electron chi connectivity index (χ0n) is 13.0. The zero-order chi connectivity index (χ0) is 15.4. The number of hydrogen-bond donors (Lipinski definition) is 0. The van der Waals surface area contributed by atoms with Crippen LogP contribution < -0.4 is 19.1 Å². The lowest BCUT2D eigenvalue weighted by Crippen LogP contribution is -2.08. The van der Waals surface area contributed by atoms with E-state index in [4.69, 9.17) is 14.2 Å². The number of aromatic nitrogens is 1. The molecule has 0 saturated carbocycles. The second-order valence-electron chi connectivity index (χ2n) is 4.68. The first kappa shape index (κ1) is 15.0. The van der Waals surface area contributed by atoms with Gasteiger partial charge in [0.15, 0.2) is 11.5 Å². The van der Waals surface area contributed by atoms with Gasteiger partial charge in [-0.2, -0.15) is 0 Å². The Hall–Kier alpha value is -2.43. The van der Waals surface area contributed by atoms with Gasteiger partial charge in [0.25, 0.3) is 0 Å². The summed E-state index contributed by atoms with van der Waals surface area (Å²) in [7, 11) is 8.78. The Morgan fingerprint density at radius 1 is 0.905 bits per heavy atom. The van der Waals surface area contributed by atoms with Gasteiger partial charge in [-0.3, -0.25) is 4.98 Å². The summed E-state index contributed by atoms with van der Waals surface area (Å²) in [5, 5.41) is 0. The molecule has 5 heteroatoms. The minimum absolute atomic E-state index is 0.564. The van der Waals surface area contributed by atoms with Crippen molar-refractivity contribution in [3.05, 3.63) is 30.5 Å². The first-order chi connectivity index (χ1) is 10.1. The van der Waals surface area contributed by atoms with Crippen molar-refractivity contribution >= 4 is 5.69 Å². The smallest absolute Gasteiger partial charge is 0.203 e. The van der Waals surface area contributed by atoms with Gasteiger partial charge in [-0.25, -0.2) is 0 Å². The predicted molar refractivity (Wildman–Crippen MR) is 83.7 cm³/mol. The van der Waals surface area contributed by atoms with Gasteiger partial charge in [0, 0.05) is 31.5 Å². The number of hydrogen-bond acceptors (Lipinski definition) is 5. The van der Waals surface area contributed by atoms with Crippen LogP contribution in [-0.2, 0) is 0 Å². The quantitative estimate of drug-likeness (QED) is 0.846. The largest absolute Gasteiger partial charge is 0.493 e. The molecule has 1 aromatic heterocycles. The molecule has 0 unspecified atom stereocenters. The van der Waals surface area contributed by atoms with Crippen molar-refractivity contribution in [1.29, 1.82) is 0 Å². The fourth-order valence-electron chi connectivity index (χ4n) is 2.15. The molecule has 1 aromatic carbocycles. The maximum Gasteiger partial charge on any atom is 0.203 e. The monoisotopic (exact) mass is 288 g/mol. The van der Waals surface area contributed by atoms with Gasteiger partial charge in [-0.05, 0) is 24.3 Å². The van der Waals surface area contributed by atoms with Gasteiger partial charge in [0.2, 0.25) is 5.75 Å². The molecule has 0 N–H and O–H groups in total. The maximum absolute atomic E-state index is 5.51. The molecule has 0 amide bonds. The predicted octanol–water partition coefficient (Wildman–Crippen LogP) is 2.84. The second kappa shape index (κ2) is 6.35. The van der Waals surface area contributed by atoms with E-state index in [9.17, 15) is 0 Å². The van der Waals surface area contributed by atoms with Crippen LogP contribution in [0.2, 0.25) is 0 Å². The molecular formula is C16H20N2O3. The molecule has 2 aromatic rings. The molecule has 2 rings (SSSR count). The van der Waals surface area contributed by atoms with Gasteiger partial charge in [0.05, 0.1) is 27.0 Å². The third-order valence-corrected chi connectivity index (χ3v) is 3.24. The minimum Gasteiger partial charge on any atom is -0.493 e. The van der Waals surface area contributed by atoms with E-state index in [1.54, 1.807) is 27.5 Å². The van der Waals surface area contributed by atoms with E-state index in [0.29, 0.717) is 17.2 Å². The molecule has 0 bridgehead atoms. The van der Waals surface area contributed by atoms with Gasteiger partial charge >= 0.3 is 0 Å².